The molecule has 0 bridgehead atoms. The van der Waals surface area contributed by atoms with Gasteiger partial charge in [-0.15, -0.1) is 0 Å². The van der Waals surface area contributed by atoms with Gasteiger partial charge in [-0.05, 0) is 34.8 Å². The lowest BCUT2D eigenvalue weighted by Crippen LogP contribution is -2.18. The van der Waals surface area contributed by atoms with Crippen LogP contribution >= 0.6 is 0 Å². The highest BCUT2D eigenvalue weighted by atomic mass is 15.1. The van der Waals surface area contributed by atoms with Crippen molar-refractivity contribution < 1.29 is 0 Å². The lowest BCUT2D eigenvalue weighted by Gasteiger charge is -2.24. The van der Waals surface area contributed by atoms with Crippen LogP contribution in [-0.2, 0) is 0 Å². The summed E-state index contributed by atoms with van der Waals surface area (Å²) < 4.78 is 0. The van der Waals surface area contributed by atoms with Crippen LogP contribution in [0.25, 0.3) is 16.8 Å². The third-order valence-electron chi connectivity index (χ3n) is 3.45. The molecule has 1 aliphatic rings. The molecule has 134 valence electrons. The first kappa shape index (κ1) is 20.8. The summed E-state index contributed by atoms with van der Waals surface area (Å²) in [7, 11) is 2.13. The van der Waals surface area contributed by atoms with E-state index in [-0.39, 0.29) is 0 Å². The van der Waals surface area contributed by atoms with Crippen LogP contribution < -0.4 is 0 Å². The fraction of sp³-hybridized carbons (Fsp3) is 0.333. The zero-order chi connectivity index (χ0) is 18.7. The molecule has 1 nitrogen and oxygen atoms in total. The van der Waals surface area contributed by atoms with E-state index in [4.69, 9.17) is 0 Å². The van der Waals surface area contributed by atoms with Crippen LogP contribution in [0.2, 0.25) is 0 Å². The molecule has 3 rings (SSSR count). The minimum Gasteiger partial charge on any atom is -0.370 e. The van der Waals surface area contributed by atoms with Gasteiger partial charge in [0.25, 0.3) is 0 Å². The summed E-state index contributed by atoms with van der Waals surface area (Å²) in [5.74, 6) is 0.833. The van der Waals surface area contributed by atoms with Crippen LogP contribution in [0.1, 0.15) is 40.2 Å². The number of likely N-dealkylation sites (N-methyl/N-ethyl adjacent to an activating group) is 1. The molecule has 0 radical (unpaired) electrons. The summed E-state index contributed by atoms with van der Waals surface area (Å²) in [5, 5.41) is 0. The lowest BCUT2D eigenvalue weighted by atomic mass is 10.0. The molecule has 0 saturated heterocycles. The predicted molar refractivity (Wildman–Crippen MR) is 113 cm³/mol. The van der Waals surface area contributed by atoms with Gasteiger partial charge in [-0.2, -0.15) is 0 Å². The van der Waals surface area contributed by atoms with Crippen molar-refractivity contribution in [2.45, 2.75) is 34.6 Å². The Kier molecular flexibility index (Phi) is 9.39. The Balaban J connectivity index is 0.000000461. The van der Waals surface area contributed by atoms with Crippen molar-refractivity contribution in [3.05, 3.63) is 78.4 Å². The average molecular weight is 336 g/mol. The number of benzene rings is 2. The van der Waals surface area contributed by atoms with Gasteiger partial charge in [0.2, 0.25) is 0 Å². The van der Waals surface area contributed by atoms with Gasteiger partial charge in [-0.1, -0.05) is 95.3 Å². The normalized spacial score (nSPS) is 12.6. The van der Waals surface area contributed by atoms with E-state index < -0.39 is 0 Å². The molecule has 1 heterocycles. The highest BCUT2D eigenvalue weighted by Crippen LogP contribution is 2.26. The van der Waals surface area contributed by atoms with Gasteiger partial charge in [0.1, 0.15) is 0 Å². The highest BCUT2D eigenvalue weighted by Gasteiger charge is 2.09. The minimum atomic E-state index is 0.833. The van der Waals surface area contributed by atoms with Crippen LogP contribution in [0.5, 0.6) is 0 Å². The van der Waals surface area contributed by atoms with Crippen molar-refractivity contribution in [3.8, 4) is 11.1 Å². The summed E-state index contributed by atoms with van der Waals surface area (Å²) in [4.78, 5) is 2.27. The topological polar surface area (TPSA) is 3.24 Å². The van der Waals surface area contributed by atoms with Gasteiger partial charge in [-0.25, -0.2) is 0 Å². The minimum absolute atomic E-state index is 0.833. The monoisotopic (exact) mass is 335 g/mol. The van der Waals surface area contributed by atoms with E-state index in [0.717, 1.165) is 12.5 Å². The second-order valence-corrected chi connectivity index (χ2v) is 6.54. The van der Waals surface area contributed by atoms with Crippen molar-refractivity contribution in [2.24, 2.45) is 5.92 Å². The molecule has 0 N–H and O–H groups in total. The van der Waals surface area contributed by atoms with Crippen molar-refractivity contribution >= 4 is 5.70 Å². The summed E-state index contributed by atoms with van der Waals surface area (Å²) >= 11 is 0. The molecule has 0 atom stereocenters. The molecule has 0 fully saturated rings. The molecule has 0 aliphatic carbocycles. The van der Waals surface area contributed by atoms with Crippen molar-refractivity contribution in [3.63, 3.8) is 0 Å². The largest absolute Gasteiger partial charge is 0.370 e. The summed E-state index contributed by atoms with van der Waals surface area (Å²) in [6.07, 6.45) is 6.47. The molecular weight excluding hydrogens is 302 g/mol. The molecule has 2 aromatic carbocycles. The maximum absolute atomic E-state index is 2.27. The van der Waals surface area contributed by atoms with Gasteiger partial charge >= 0.3 is 0 Å². The third kappa shape index (κ3) is 7.01. The summed E-state index contributed by atoms with van der Waals surface area (Å²) in [5.41, 5.74) is 5.08. The quantitative estimate of drug-likeness (QED) is 0.578. The van der Waals surface area contributed by atoms with Crippen molar-refractivity contribution in [1.29, 1.82) is 0 Å². The Morgan fingerprint density at radius 3 is 1.96 bits per heavy atom. The smallest absolute Gasteiger partial charge is 0.0440 e. The zero-order valence-electron chi connectivity index (χ0n) is 16.7. The van der Waals surface area contributed by atoms with E-state index in [1.54, 1.807) is 0 Å². The van der Waals surface area contributed by atoms with E-state index >= 15 is 0 Å². The van der Waals surface area contributed by atoms with E-state index in [9.17, 15) is 0 Å². The molecule has 2 aromatic rings. The average Bonchev–Trinajstić information content (AvgIpc) is 2.64. The first-order chi connectivity index (χ1) is 12.1. The predicted octanol–water partition coefficient (Wildman–Crippen LogP) is 6.88. The Bertz CT molecular complexity index is 663. The molecule has 25 heavy (non-hydrogen) atoms. The van der Waals surface area contributed by atoms with Gasteiger partial charge in [0.15, 0.2) is 0 Å². The number of hydrogen-bond donors (Lipinski definition) is 0. The van der Waals surface area contributed by atoms with Crippen molar-refractivity contribution in [1.82, 2.24) is 4.90 Å². The number of rotatable bonds is 2. The van der Waals surface area contributed by atoms with Gasteiger partial charge in [-0.3, -0.25) is 0 Å². The standard InChI is InChI=1S/C18H17N.C4H10.C2H6/c1-19-13-6-5-12-18(19)17-11-7-10-16(14-17)15-8-3-2-4-9-15;1-4(2)3;1-2/h2-12,14H,13H2,1H3;4H,1-3H3;1-2H3. The van der Waals surface area contributed by atoms with Crippen LogP contribution in [0.15, 0.2) is 72.8 Å². The Labute approximate surface area is 154 Å². The maximum atomic E-state index is 2.27. The van der Waals surface area contributed by atoms with E-state index in [0.29, 0.717) is 0 Å². The van der Waals surface area contributed by atoms with E-state index in [1.165, 1.54) is 22.4 Å². The zero-order valence-corrected chi connectivity index (χ0v) is 16.7. The Hall–Kier alpha value is -2.28. The molecule has 0 aromatic heterocycles. The highest BCUT2D eigenvalue weighted by molar-refractivity contribution is 5.73. The first-order valence-electron chi connectivity index (χ1n) is 9.31. The summed E-state index contributed by atoms with van der Waals surface area (Å²) in [6, 6.07) is 19.2. The van der Waals surface area contributed by atoms with E-state index in [2.05, 4.69) is 106 Å². The molecule has 0 saturated carbocycles. The molecule has 0 amide bonds. The van der Waals surface area contributed by atoms with Gasteiger partial charge in [0.05, 0.1) is 0 Å². The van der Waals surface area contributed by atoms with Crippen LogP contribution in [-0.4, -0.2) is 18.5 Å². The molecular formula is C24H33N. The van der Waals surface area contributed by atoms with Crippen LogP contribution in [0.3, 0.4) is 0 Å². The van der Waals surface area contributed by atoms with Crippen LogP contribution in [0, 0.1) is 5.92 Å². The lowest BCUT2D eigenvalue weighted by molar-refractivity contribution is 0.531. The van der Waals surface area contributed by atoms with Gasteiger partial charge < -0.3 is 4.90 Å². The Morgan fingerprint density at radius 1 is 0.800 bits per heavy atom. The SMILES string of the molecule is CC.CC(C)C.CN1CC=CC=C1c1cccc(-c2ccccc2)c1. The molecule has 1 heteroatoms. The van der Waals surface area contributed by atoms with Crippen molar-refractivity contribution in [2.75, 3.05) is 13.6 Å². The number of allylic oxidation sites excluding steroid dienone is 2. The summed E-state index contributed by atoms with van der Waals surface area (Å²) in [6.45, 7) is 11.5. The Morgan fingerprint density at radius 2 is 1.36 bits per heavy atom. The maximum Gasteiger partial charge on any atom is 0.0440 e. The van der Waals surface area contributed by atoms with Gasteiger partial charge in [0, 0.05) is 19.3 Å². The molecule has 1 aliphatic heterocycles. The molecule has 0 unspecified atom stereocenters. The number of nitrogens with zero attached hydrogens (tertiary/aromatic N) is 1. The second-order valence-electron chi connectivity index (χ2n) is 6.54. The number of hydrogen-bond acceptors (Lipinski definition) is 1. The third-order valence-corrected chi connectivity index (χ3v) is 3.45. The molecule has 0 spiro atoms. The van der Waals surface area contributed by atoms with E-state index in [1.807, 2.05) is 13.8 Å². The fourth-order valence-corrected chi connectivity index (χ4v) is 2.41. The first-order valence-corrected chi connectivity index (χ1v) is 9.31. The fourth-order valence-electron chi connectivity index (χ4n) is 2.41. The second kappa shape index (κ2) is 11.3. The van der Waals surface area contributed by atoms with Crippen LogP contribution in [0.4, 0.5) is 0 Å².